The summed E-state index contributed by atoms with van der Waals surface area (Å²) in [5, 5.41) is 0. The molecule has 1 heterocycles. The van der Waals surface area contributed by atoms with E-state index in [-0.39, 0.29) is 11.7 Å². The summed E-state index contributed by atoms with van der Waals surface area (Å²) in [6, 6.07) is 1.82. The van der Waals surface area contributed by atoms with Crippen LogP contribution in [0.2, 0.25) is 0 Å². The van der Waals surface area contributed by atoms with Crippen molar-refractivity contribution in [3.05, 3.63) is 22.6 Å². The van der Waals surface area contributed by atoms with Gasteiger partial charge in [-0.3, -0.25) is 4.79 Å². The van der Waals surface area contributed by atoms with Crippen LogP contribution in [0.4, 0.5) is 0 Å². The number of rotatable bonds is 2. The molecule has 4 aliphatic rings. The molecule has 0 atom stereocenters. The molecule has 0 N–H and O–H groups in total. The molecule has 5 rings (SSSR count). The SMILES string of the molecule is O=C(c1occc1Br)C1C2CC3CC(C2)CC1C3. The fraction of sp³-hybridized carbons (Fsp3) is 0.667. The van der Waals surface area contributed by atoms with Gasteiger partial charge in [-0.05, 0) is 77.8 Å². The van der Waals surface area contributed by atoms with Gasteiger partial charge in [0.2, 0.25) is 5.78 Å². The van der Waals surface area contributed by atoms with Gasteiger partial charge < -0.3 is 4.42 Å². The molecule has 0 aromatic carbocycles. The Morgan fingerprint density at radius 3 is 2.22 bits per heavy atom. The van der Waals surface area contributed by atoms with Crippen LogP contribution in [0.5, 0.6) is 0 Å². The standard InChI is InChI=1S/C15H17BrO2/c16-12-1-2-18-15(12)14(17)13-10-4-8-3-9(6-10)7-11(13)5-8/h1-2,8-11,13H,3-7H2. The van der Waals surface area contributed by atoms with Crippen molar-refractivity contribution in [1.82, 2.24) is 0 Å². The maximum absolute atomic E-state index is 12.7. The summed E-state index contributed by atoms with van der Waals surface area (Å²) in [4.78, 5) is 12.7. The van der Waals surface area contributed by atoms with Crippen LogP contribution in [0.3, 0.4) is 0 Å². The smallest absolute Gasteiger partial charge is 0.202 e. The lowest BCUT2D eigenvalue weighted by atomic mass is 9.51. The number of ketones is 1. The van der Waals surface area contributed by atoms with E-state index in [0.717, 1.165) is 16.3 Å². The zero-order chi connectivity index (χ0) is 12.3. The molecule has 0 unspecified atom stereocenters. The molecule has 4 aliphatic carbocycles. The van der Waals surface area contributed by atoms with Crippen molar-refractivity contribution in [3.8, 4) is 0 Å². The molecule has 1 aromatic heterocycles. The van der Waals surface area contributed by atoms with Crippen molar-refractivity contribution in [1.29, 1.82) is 0 Å². The molecule has 2 nitrogen and oxygen atoms in total. The van der Waals surface area contributed by atoms with E-state index in [2.05, 4.69) is 15.9 Å². The average molecular weight is 309 g/mol. The Morgan fingerprint density at radius 1 is 1.11 bits per heavy atom. The second kappa shape index (κ2) is 3.96. The zero-order valence-electron chi connectivity index (χ0n) is 10.3. The molecule has 4 fully saturated rings. The largest absolute Gasteiger partial charge is 0.460 e. The van der Waals surface area contributed by atoms with Crippen molar-refractivity contribution in [3.63, 3.8) is 0 Å². The van der Waals surface area contributed by atoms with Gasteiger partial charge in [0, 0.05) is 5.92 Å². The van der Waals surface area contributed by atoms with E-state index in [1.54, 1.807) is 6.26 Å². The van der Waals surface area contributed by atoms with Gasteiger partial charge in [0.1, 0.15) is 0 Å². The molecule has 0 amide bonds. The van der Waals surface area contributed by atoms with Gasteiger partial charge in [0.15, 0.2) is 5.76 Å². The summed E-state index contributed by atoms with van der Waals surface area (Å²) in [7, 11) is 0. The lowest BCUT2D eigenvalue weighted by Crippen LogP contribution is -2.48. The highest BCUT2D eigenvalue weighted by Crippen LogP contribution is 2.57. The first-order chi connectivity index (χ1) is 8.72. The Kier molecular flexibility index (Phi) is 2.48. The first kappa shape index (κ1) is 11.3. The second-order valence-corrected chi connectivity index (χ2v) is 7.27. The van der Waals surface area contributed by atoms with Crippen molar-refractivity contribution in [2.45, 2.75) is 32.1 Å². The van der Waals surface area contributed by atoms with Crippen molar-refractivity contribution >= 4 is 21.7 Å². The van der Waals surface area contributed by atoms with Crippen LogP contribution in [0, 0.1) is 29.6 Å². The van der Waals surface area contributed by atoms with E-state index in [0.29, 0.717) is 17.6 Å². The molecule has 0 saturated heterocycles. The fourth-order valence-corrected chi connectivity index (χ4v) is 5.37. The van der Waals surface area contributed by atoms with E-state index < -0.39 is 0 Å². The summed E-state index contributed by atoms with van der Waals surface area (Å²) in [5.41, 5.74) is 0. The second-order valence-electron chi connectivity index (χ2n) is 6.42. The summed E-state index contributed by atoms with van der Waals surface area (Å²) in [6.45, 7) is 0. The Labute approximate surface area is 115 Å². The number of carbonyl (C=O) groups excluding carboxylic acids is 1. The highest BCUT2D eigenvalue weighted by molar-refractivity contribution is 9.10. The van der Waals surface area contributed by atoms with Gasteiger partial charge in [-0.15, -0.1) is 0 Å². The molecular formula is C15H17BrO2. The van der Waals surface area contributed by atoms with Crippen LogP contribution < -0.4 is 0 Å². The molecule has 0 aliphatic heterocycles. The normalized spacial score (nSPS) is 41.3. The predicted octanol–water partition coefficient (Wildman–Crippen LogP) is 4.30. The van der Waals surface area contributed by atoms with Gasteiger partial charge in [-0.1, -0.05) is 0 Å². The number of halogens is 1. The Hall–Kier alpha value is -0.570. The molecule has 1 aromatic rings. The zero-order valence-corrected chi connectivity index (χ0v) is 11.9. The Morgan fingerprint density at radius 2 is 1.72 bits per heavy atom. The van der Waals surface area contributed by atoms with Gasteiger partial charge in [-0.25, -0.2) is 0 Å². The molecule has 18 heavy (non-hydrogen) atoms. The number of carbonyl (C=O) groups is 1. The number of furan rings is 1. The fourth-order valence-electron chi connectivity index (χ4n) is 4.97. The van der Waals surface area contributed by atoms with Crippen molar-refractivity contribution in [2.75, 3.05) is 0 Å². The van der Waals surface area contributed by atoms with Crippen LogP contribution >= 0.6 is 15.9 Å². The minimum absolute atomic E-state index is 0.236. The van der Waals surface area contributed by atoms with Crippen LogP contribution in [0.25, 0.3) is 0 Å². The topological polar surface area (TPSA) is 30.2 Å². The Bertz CT molecular complexity index is 462. The van der Waals surface area contributed by atoms with Crippen LogP contribution in [0.1, 0.15) is 42.7 Å². The maximum atomic E-state index is 12.7. The highest BCUT2D eigenvalue weighted by atomic mass is 79.9. The minimum Gasteiger partial charge on any atom is -0.460 e. The van der Waals surface area contributed by atoms with Gasteiger partial charge in [0.05, 0.1) is 10.7 Å². The van der Waals surface area contributed by atoms with Gasteiger partial charge >= 0.3 is 0 Å². The van der Waals surface area contributed by atoms with E-state index in [1.165, 1.54) is 32.1 Å². The highest BCUT2D eigenvalue weighted by Gasteiger charge is 2.51. The van der Waals surface area contributed by atoms with Gasteiger partial charge in [-0.2, -0.15) is 0 Å². The lowest BCUT2D eigenvalue weighted by Gasteiger charge is -2.53. The van der Waals surface area contributed by atoms with Crippen LogP contribution in [-0.4, -0.2) is 5.78 Å². The Balaban J connectivity index is 1.65. The minimum atomic E-state index is 0.236. The van der Waals surface area contributed by atoms with E-state index in [9.17, 15) is 4.79 Å². The van der Waals surface area contributed by atoms with E-state index >= 15 is 0 Å². The summed E-state index contributed by atoms with van der Waals surface area (Å²) in [6.07, 6.45) is 8.15. The molecule has 0 radical (unpaired) electrons. The maximum Gasteiger partial charge on any atom is 0.202 e. The third-order valence-corrected chi connectivity index (χ3v) is 5.99. The summed E-state index contributed by atoms with van der Waals surface area (Å²) >= 11 is 3.42. The van der Waals surface area contributed by atoms with Crippen LogP contribution in [0.15, 0.2) is 21.2 Å². The lowest BCUT2D eigenvalue weighted by molar-refractivity contribution is -0.0261. The monoisotopic (exact) mass is 308 g/mol. The summed E-state index contributed by atoms with van der Waals surface area (Å²) in [5.74, 6) is 4.12. The molecule has 3 heteroatoms. The predicted molar refractivity (Wildman–Crippen MR) is 71.3 cm³/mol. The molecule has 96 valence electrons. The van der Waals surface area contributed by atoms with E-state index in [4.69, 9.17) is 4.42 Å². The van der Waals surface area contributed by atoms with Crippen molar-refractivity contribution in [2.24, 2.45) is 29.6 Å². The molecular weight excluding hydrogens is 292 g/mol. The molecule has 4 saturated carbocycles. The number of Topliss-reactive ketones (excluding diaryl/α,β-unsaturated/α-hetero) is 1. The average Bonchev–Trinajstić information content (AvgIpc) is 2.73. The first-order valence-corrected chi connectivity index (χ1v) is 7.79. The number of hydrogen-bond donors (Lipinski definition) is 0. The number of hydrogen-bond acceptors (Lipinski definition) is 2. The third kappa shape index (κ3) is 1.56. The van der Waals surface area contributed by atoms with Gasteiger partial charge in [0.25, 0.3) is 0 Å². The molecule has 4 bridgehead atoms. The summed E-state index contributed by atoms with van der Waals surface area (Å²) < 4.78 is 6.21. The quantitative estimate of drug-likeness (QED) is 0.763. The van der Waals surface area contributed by atoms with Crippen LogP contribution in [-0.2, 0) is 0 Å². The third-order valence-electron chi connectivity index (χ3n) is 5.37. The van der Waals surface area contributed by atoms with Crippen molar-refractivity contribution < 1.29 is 9.21 Å². The van der Waals surface area contributed by atoms with E-state index in [1.807, 2.05) is 6.07 Å². The first-order valence-electron chi connectivity index (χ1n) is 6.99. The molecule has 0 spiro atoms.